The van der Waals surface area contributed by atoms with E-state index >= 15 is 0 Å². The average molecular weight is 368 g/mol. The Balaban J connectivity index is 2.42. The van der Waals surface area contributed by atoms with Gasteiger partial charge in [-0.15, -0.1) is 26.3 Å². The second-order valence-electron chi connectivity index (χ2n) is 4.65. The van der Waals surface area contributed by atoms with Gasteiger partial charge in [-0.1, -0.05) is 6.07 Å². The van der Waals surface area contributed by atoms with Gasteiger partial charge >= 0.3 is 12.7 Å². The number of ether oxygens (including phenoxy) is 2. The summed E-state index contributed by atoms with van der Waals surface area (Å²) in [6, 6.07) is 5.07. The fourth-order valence-electron chi connectivity index (χ4n) is 1.94. The van der Waals surface area contributed by atoms with E-state index in [1.807, 2.05) is 0 Å². The first-order valence-corrected chi connectivity index (χ1v) is 6.38. The molecule has 0 fully saturated rings. The quantitative estimate of drug-likeness (QED) is 0.556. The molecule has 0 bridgehead atoms. The highest BCUT2D eigenvalue weighted by Gasteiger charge is 2.33. The molecule has 2 rings (SSSR count). The van der Waals surface area contributed by atoms with Crippen LogP contribution in [0.3, 0.4) is 0 Å². The molecule has 0 aliphatic carbocycles. The predicted molar refractivity (Wildman–Crippen MR) is 70.6 cm³/mol. The highest BCUT2D eigenvalue weighted by atomic mass is 19.4. The minimum Gasteiger partial charge on any atom is -0.406 e. The fourth-order valence-corrected chi connectivity index (χ4v) is 1.94. The molecule has 0 saturated heterocycles. The van der Waals surface area contributed by atoms with Crippen LogP contribution in [0.4, 0.5) is 30.7 Å². The molecule has 0 heterocycles. The van der Waals surface area contributed by atoms with Crippen LogP contribution in [-0.4, -0.2) is 19.0 Å². The normalized spacial score (nSPS) is 12.0. The molecule has 0 unspecified atom stereocenters. The maximum Gasteiger partial charge on any atom is 0.573 e. The van der Waals surface area contributed by atoms with Crippen molar-refractivity contribution in [1.82, 2.24) is 0 Å². The molecule has 2 aromatic rings. The Morgan fingerprint density at radius 3 is 1.96 bits per heavy atom. The number of alkyl halides is 6. The molecule has 25 heavy (non-hydrogen) atoms. The number of rotatable bonds is 4. The third-order valence-electron chi connectivity index (χ3n) is 2.79. The van der Waals surface area contributed by atoms with E-state index in [1.165, 1.54) is 0 Å². The van der Waals surface area contributed by atoms with Crippen LogP contribution in [-0.2, 0) is 0 Å². The van der Waals surface area contributed by atoms with Crippen LogP contribution in [0.25, 0.3) is 11.1 Å². The summed E-state index contributed by atoms with van der Waals surface area (Å²) >= 11 is 0. The minimum atomic E-state index is -5.10. The van der Waals surface area contributed by atoms with Crippen LogP contribution in [0.5, 0.6) is 11.5 Å². The molecule has 0 atom stereocenters. The molecule has 0 N–H and O–H groups in total. The largest absolute Gasteiger partial charge is 0.573 e. The predicted octanol–water partition coefficient (Wildman–Crippen LogP) is 5.10. The van der Waals surface area contributed by atoms with Gasteiger partial charge in [-0.3, -0.25) is 4.79 Å². The van der Waals surface area contributed by atoms with Crippen molar-refractivity contribution in [2.45, 2.75) is 12.7 Å². The standard InChI is InChI=1S/C15H7F7O3/c16-12-6-9(1-2-13(12)25-15(20,21)22)10-3-8(7-23)4-11(5-10)24-14(17,18)19/h1-7H. The van der Waals surface area contributed by atoms with Crippen LogP contribution in [0, 0.1) is 5.82 Å². The van der Waals surface area contributed by atoms with Gasteiger partial charge in [-0.25, -0.2) is 4.39 Å². The van der Waals surface area contributed by atoms with Crippen LogP contribution < -0.4 is 9.47 Å². The van der Waals surface area contributed by atoms with Gasteiger partial charge in [-0.2, -0.15) is 0 Å². The molecule has 0 radical (unpaired) electrons. The lowest BCUT2D eigenvalue weighted by Crippen LogP contribution is -2.18. The van der Waals surface area contributed by atoms with Crippen molar-refractivity contribution in [3.63, 3.8) is 0 Å². The van der Waals surface area contributed by atoms with E-state index in [-0.39, 0.29) is 23.0 Å². The molecule has 0 aliphatic heterocycles. The molecule has 134 valence electrons. The molecule has 2 aromatic carbocycles. The first-order chi connectivity index (χ1) is 11.5. The minimum absolute atomic E-state index is 0.0682. The lowest BCUT2D eigenvalue weighted by atomic mass is 10.0. The maximum absolute atomic E-state index is 13.7. The molecule has 0 aliphatic rings. The van der Waals surface area contributed by atoms with Gasteiger partial charge in [0.1, 0.15) is 12.0 Å². The number of hydrogen-bond donors (Lipinski definition) is 0. The zero-order valence-electron chi connectivity index (χ0n) is 11.9. The molecular weight excluding hydrogens is 361 g/mol. The summed E-state index contributed by atoms with van der Waals surface area (Å²) in [5.74, 6) is -3.22. The van der Waals surface area contributed by atoms with Gasteiger partial charge in [0, 0.05) is 5.56 Å². The van der Waals surface area contributed by atoms with Gasteiger partial charge in [0.2, 0.25) is 0 Å². The van der Waals surface area contributed by atoms with Crippen molar-refractivity contribution in [2.75, 3.05) is 0 Å². The van der Waals surface area contributed by atoms with Crippen LogP contribution in [0.1, 0.15) is 10.4 Å². The fraction of sp³-hybridized carbons (Fsp3) is 0.133. The van der Waals surface area contributed by atoms with E-state index in [2.05, 4.69) is 9.47 Å². The number of carbonyl (C=O) groups excluding carboxylic acids is 1. The summed E-state index contributed by atoms with van der Waals surface area (Å²) in [5.41, 5.74) is -0.350. The summed E-state index contributed by atoms with van der Waals surface area (Å²) in [6.07, 6.45) is -9.88. The summed E-state index contributed by atoms with van der Waals surface area (Å²) in [5, 5.41) is 0. The van der Waals surface area contributed by atoms with Gasteiger partial charge in [0.25, 0.3) is 0 Å². The molecule has 0 aromatic heterocycles. The Morgan fingerprint density at radius 2 is 1.44 bits per heavy atom. The zero-order valence-corrected chi connectivity index (χ0v) is 11.9. The van der Waals surface area contributed by atoms with Crippen molar-refractivity contribution in [1.29, 1.82) is 0 Å². The molecule has 0 spiro atoms. The smallest absolute Gasteiger partial charge is 0.406 e. The van der Waals surface area contributed by atoms with E-state index in [4.69, 9.17) is 0 Å². The lowest BCUT2D eigenvalue weighted by Gasteiger charge is -2.13. The van der Waals surface area contributed by atoms with Crippen molar-refractivity contribution in [3.8, 4) is 22.6 Å². The average Bonchev–Trinajstić information content (AvgIpc) is 2.46. The summed E-state index contributed by atoms with van der Waals surface area (Å²) in [6.45, 7) is 0. The second-order valence-corrected chi connectivity index (χ2v) is 4.65. The van der Waals surface area contributed by atoms with Gasteiger partial charge in [0.15, 0.2) is 11.6 Å². The van der Waals surface area contributed by atoms with E-state index in [0.717, 1.165) is 24.3 Å². The number of aldehydes is 1. The monoisotopic (exact) mass is 368 g/mol. The Bertz CT molecular complexity index is 782. The SMILES string of the molecule is O=Cc1cc(OC(F)(F)F)cc(-c2ccc(OC(F)(F)F)c(F)c2)c1. The Hall–Kier alpha value is -2.78. The number of hydrogen-bond acceptors (Lipinski definition) is 3. The summed E-state index contributed by atoms with van der Waals surface area (Å²) < 4.78 is 94.1. The highest BCUT2D eigenvalue weighted by molar-refractivity contribution is 5.80. The van der Waals surface area contributed by atoms with Crippen molar-refractivity contribution in [2.24, 2.45) is 0 Å². The second kappa shape index (κ2) is 6.61. The maximum atomic E-state index is 13.7. The van der Waals surface area contributed by atoms with E-state index in [1.54, 1.807) is 0 Å². The molecule has 0 saturated carbocycles. The molecule has 3 nitrogen and oxygen atoms in total. The van der Waals surface area contributed by atoms with Crippen LogP contribution in [0.2, 0.25) is 0 Å². The Kier molecular flexibility index (Phi) is 4.91. The Labute approximate surface area is 135 Å². The van der Waals surface area contributed by atoms with Crippen LogP contribution in [0.15, 0.2) is 36.4 Å². The Morgan fingerprint density at radius 1 is 0.800 bits per heavy atom. The van der Waals surface area contributed by atoms with E-state index in [9.17, 15) is 35.5 Å². The van der Waals surface area contributed by atoms with Gasteiger partial charge in [-0.05, 0) is 41.5 Å². The van der Waals surface area contributed by atoms with Crippen LogP contribution >= 0.6 is 0 Å². The third kappa shape index (κ3) is 5.37. The van der Waals surface area contributed by atoms with E-state index < -0.39 is 30.0 Å². The van der Waals surface area contributed by atoms with Gasteiger partial charge < -0.3 is 9.47 Å². The first-order valence-electron chi connectivity index (χ1n) is 6.38. The zero-order chi connectivity index (χ0) is 18.8. The van der Waals surface area contributed by atoms with Gasteiger partial charge in [0.05, 0.1) is 0 Å². The summed E-state index contributed by atoms with van der Waals surface area (Å²) in [7, 11) is 0. The summed E-state index contributed by atoms with van der Waals surface area (Å²) in [4.78, 5) is 10.8. The highest BCUT2D eigenvalue weighted by Crippen LogP contribution is 2.33. The lowest BCUT2D eigenvalue weighted by molar-refractivity contribution is -0.276. The topological polar surface area (TPSA) is 35.5 Å². The number of halogens is 7. The van der Waals surface area contributed by atoms with Crippen molar-refractivity contribution in [3.05, 3.63) is 47.8 Å². The van der Waals surface area contributed by atoms with Crippen molar-refractivity contribution < 1.29 is 45.0 Å². The van der Waals surface area contributed by atoms with Crippen molar-refractivity contribution >= 4 is 6.29 Å². The molecular formula is C15H7F7O3. The van der Waals surface area contributed by atoms with E-state index in [0.29, 0.717) is 12.1 Å². The number of benzene rings is 2. The molecule has 10 heteroatoms. The molecule has 0 amide bonds. The third-order valence-corrected chi connectivity index (χ3v) is 2.79. The number of carbonyl (C=O) groups is 1. The first kappa shape index (κ1) is 18.6.